The van der Waals surface area contributed by atoms with E-state index in [0.29, 0.717) is 29.0 Å². The van der Waals surface area contributed by atoms with Crippen molar-refractivity contribution in [1.82, 2.24) is 14.6 Å². The molecule has 8 nitrogen and oxygen atoms in total. The summed E-state index contributed by atoms with van der Waals surface area (Å²) < 4.78 is 1.52. The van der Waals surface area contributed by atoms with Gasteiger partial charge in [-0.15, -0.1) is 5.10 Å². The predicted octanol–water partition coefficient (Wildman–Crippen LogP) is 2.62. The van der Waals surface area contributed by atoms with Crippen LogP contribution < -0.4 is 4.90 Å². The molecule has 1 fully saturated rings. The van der Waals surface area contributed by atoms with Crippen molar-refractivity contribution in [2.45, 2.75) is 39.7 Å². The van der Waals surface area contributed by atoms with Crippen LogP contribution in [0.2, 0.25) is 0 Å². The van der Waals surface area contributed by atoms with E-state index in [1.165, 1.54) is 27.2 Å². The second-order valence-corrected chi connectivity index (χ2v) is 9.17. The van der Waals surface area contributed by atoms with Gasteiger partial charge in [-0.2, -0.15) is 4.52 Å². The van der Waals surface area contributed by atoms with Gasteiger partial charge in [-0.25, -0.2) is 4.98 Å². The van der Waals surface area contributed by atoms with Gasteiger partial charge in [0.2, 0.25) is 10.8 Å². The van der Waals surface area contributed by atoms with Crippen LogP contribution in [0.4, 0.5) is 5.69 Å². The first kappa shape index (κ1) is 19.8. The Morgan fingerprint density at radius 1 is 1.31 bits per heavy atom. The van der Waals surface area contributed by atoms with Crippen LogP contribution in [0.5, 0.6) is 5.88 Å². The zero-order valence-electron chi connectivity index (χ0n) is 16.8. The minimum atomic E-state index is -0.385. The molecule has 1 aromatic carbocycles. The number of aryl methyl sites for hydroxylation is 1. The minimum Gasteiger partial charge on any atom is -0.492 e. The van der Waals surface area contributed by atoms with E-state index in [9.17, 15) is 15.2 Å². The Morgan fingerprint density at radius 2 is 1.97 bits per heavy atom. The van der Waals surface area contributed by atoms with E-state index in [1.807, 2.05) is 19.1 Å². The number of thiazole rings is 1. The van der Waals surface area contributed by atoms with Crippen LogP contribution in [0.15, 0.2) is 24.3 Å². The van der Waals surface area contributed by atoms with E-state index >= 15 is 0 Å². The van der Waals surface area contributed by atoms with E-state index in [2.05, 4.69) is 23.9 Å². The molecule has 4 rings (SSSR count). The lowest BCUT2D eigenvalue weighted by atomic mass is 9.89. The van der Waals surface area contributed by atoms with Gasteiger partial charge in [-0.1, -0.05) is 32.1 Å². The van der Waals surface area contributed by atoms with Gasteiger partial charge in [0.15, 0.2) is 11.9 Å². The molecule has 0 bridgehead atoms. The smallest absolute Gasteiger partial charge is 0.269 e. The van der Waals surface area contributed by atoms with E-state index in [-0.39, 0.29) is 22.5 Å². The number of fused-ring (bicyclic) bond motifs is 1. The number of nitro groups is 1. The Balaban J connectivity index is 1.80. The molecule has 29 heavy (non-hydrogen) atoms. The number of piperidine rings is 1. The number of rotatable bonds is 5. The summed E-state index contributed by atoms with van der Waals surface area (Å²) in [6.45, 7) is 8.48. The molecule has 1 unspecified atom stereocenters. The van der Waals surface area contributed by atoms with Crippen LogP contribution in [0.1, 0.15) is 49.5 Å². The van der Waals surface area contributed by atoms with E-state index in [0.717, 1.165) is 23.5 Å². The summed E-state index contributed by atoms with van der Waals surface area (Å²) in [6.07, 6.45) is 1.90. The van der Waals surface area contributed by atoms with Crippen molar-refractivity contribution in [3.63, 3.8) is 0 Å². The second kappa shape index (κ2) is 7.72. The van der Waals surface area contributed by atoms with Crippen LogP contribution in [0, 0.1) is 22.0 Å². The molecular formula is C20H26N5O3S+. The first-order valence-corrected chi connectivity index (χ1v) is 10.8. The average Bonchev–Trinajstić information content (AvgIpc) is 3.21. The van der Waals surface area contributed by atoms with Gasteiger partial charge >= 0.3 is 0 Å². The Morgan fingerprint density at radius 3 is 2.52 bits per heavy atom. The lowest BCUT2D eigenvalue weighted by molar-refractivity contribution is -0.936. The van der Waals surface area contributed by atoms with E-state index in [4.69, 9.17) is 0 Å². The van der Waals surface area contributed by atoms with Crippen molar-refractivity contribution in [3.05, 3.63) is 50.6 Å². The highest BCUT2D eigenvalue weighted by molar-refractivity contribution is 7.17. The first-order valence-electron chi connectivity index (χ1n) is 10.0. The number of non-ortho nitro benzene ring substituents is 1. The van der Waals surface area contributed by atoms with Crippen LogP contribution >= 0.6 is 11.3 Å². The number of nitrogens with one attached hydrogen (secondary N) is 1. The Hall–Kier alpha value is -2.52. The van der Waals surface area contributed by atoms with Crippen molar-refractivity contribution in [1.29, 1.82) is 0 Å². The topological polar surface area (TPSA) is 98.0 Å². The minimum absolute atomic E-state index is 0.0716. The molecule has 0 radical (unpaired) electrons. The summed E-state index contributed by atoms with van der Waals surface area (Å²) in [4.78, 5) is 18.1. The van der Waals surface area contributed by atoms with Gasteiger partial charge in [-0.05, 0) is 18.6 Å². The maximum absolute atomic E-state index is 11.1. The van der Waals surface area contributed by atoms with Crippen molar-refractivity contribution in [3.8, 4) is 5.88 Å². The molecule has 0 amide bonds. The van der Waals surface area contributed by atoms with Crippen LogP contribution in [-0.2, 0) is 6.42 Å². The molecule has 0 spiro atoms. The number of benzene rings is 1. The molecule has 2 N–H and O–H groups in total. The summed E-state index contributed by atoms with van der Waals surface area (Å²) in [5.74, 6) is 1.98. The van der Waals surface area contributed by atoms with Gasteiger partial charge in [0, 0.05) is 36.0 Å². The number of nitro benzene ring substituents is 1. The van der Waals surface area contributed by atoms with Gasteiger partial charge in [0.05, 0.1) is 18.0 Å². The average molecular weight is 417 g/mol. The molecule has 1 aliphatic rings. The Kier molecular flexibility index (Phi) is 5.26. The molecule has 154 valence electrons. The monoisotopic (exact) mass is 416 g/mol. The molecular weight excluding hydrogens is 390 g/mol. The lowest BCUT2D eigenvalue weighted by Gasteiger charge is -2.36. The third-order valence-electron chi connectivity index (χ3n) is 5.69. The highest BCUT2D eigenvalue weighted by Crippen LogP contribution is 2.36. The standard InChI is InChI=1S/C20H25N5O3S/c1-4-16-21-20-24(22-16)19(26)18(29-20)17(23-10-12(2)9-13(3)11-23)14-5-7-15(8-6-14)25(27)28/h5-8,12-13,17,26H,4,9-11H2,1-3H3/p+1/t12-,13+,17-/m1/s1. The zero-order valence-corrected chi connectivity index (χ0v) is 17.6. The maximum atomic E-state index is 11.1. The number of aromatic hydroxyl groups is 1. The molecule has 0 aliphatic carbocycles. The molecule has 2 aromatic heterocycles. The quantitative estimate of drug-likeness (QED) is 0.492. The fourth-order valence-corrected chi connectivity index (χ4v) is 5.72. The van der Waals surface area contributed by atoms with Gasteiger partial charge in [0.1, 0.15) is 4.88 Å². The van der Waals surface area contributed by atoms with Crippen LogP contribution in [0.3, 0.4) is 0 Å². The highest BCUT2D eigenvalue weighted by atomic mass is 32.1. The Bertz CT molecular complexity index is 1020. The number of nitrogens with zero attached hydrogens (tertiary/aromatic N) is 4. The van der Waals surface area contributed by atoms with Crippen molar-refractivity contribution >= 4 is 22.0 Å². The second-order valence-electron chi connectivity index (χ2n) is 8.16. The molecule has 4 atom stereocenters. The largest absolute Gasteiger partial charge is 0.492 e. The number of hydrogen-bond donors (Lipinski definition) is 2. The summed E-state index contributed by atoms with van der Waals surface area (Å²) in [6, 6.07) is 6.60. The van der Waals surface area contributed by atoms with Gasteiger partial charge in [0.25, 0.3) is 5.69 Å². The van der Waals surface area contributed by atoms with Crippen LogP contribution in [-0.4, -0.2) is 37.7 Å². The number of likely N-dealkylation sites (tertiary alicyclic amines) is 1. The third kappa shape index (κ3) is 3.72. The van der Waals surface area contributed by atoms with Crippen molar-refractivity contribution < 1.29 is 14.9 Å². The van der Waals surface area contributed by atoms with E-state index < -0.39 is 0 Å². The number of hydrogen-bond acceptors (Lipinski definition) is 6. The maximum Gasteiger partial charge on any atom is 0.269 e. The summed E-state index contributed by atoms with van der Waals surface area (Å²) in [5, 5.41) is 26.5. The molecule has 9 heteroatoms. The van der Waals surface area contributed by atoms with Gasteiger partial charge < -0.3 is 10.0 Å². The zero-order chi connectivity index (χ0) is 20.7. The van der Waals surface area contributed by atoms with Crippen molar-refractivity contribution in [2.24, 2.45) is 11.8 Å². The van der Waals surface area contributed by atoms with Crippen LogP contribution in [0.25, 0.3) is 4.96 Å². The molecule has 0 saturated carbocycles. The Labute approximate surface area is 173 Å². The summed E-state index contributed by atoms with van der Waals surface area (Å²) in [7, 11) is 0. The lowest BCUT2D eigenvalue weighted by Crippen LogP contribution is -3.14. The number of aromatic nitrogens is 3. The summed E-state index contributed by atoms with van der Waals surface area (Å²) >= 11 is 1.45. The van der Waals surface area contributed by atoms with Crippen molar-refractivity contribution in [2.75, 3.05) is 13.1 Å². The highest BCUT2D eigenvalue weighted by Gasteiger charge is 2.37. The predicted molar refractivity (Wildman–Crippen MR) is 110 cm³/mol. The fraction of sp³-hybridized carbons (Fsp3) is 0.500. The van der Waals surface area contributed by atoms with Gasteiger partial charge in [-0.3, -0.25) is 10.1 Å². The molecule has 3 aromatic rings. The fourth-order valence-electron chi connectivity index (χ4n) is 4.56. The van der Waals surface area contributed by atoms with E-state index in [1.54, 1.807) is 12.1 Å². The molecule has 1 saturated heterocycles. The number of quaternary nitrogens is 1. The first-order chi connectivity index (χ1) is 13.9. The normalized spacial score (nSPS) is 23.3. The SMILES string of the molecule is CCc1nc2sc([C@@H](c3ccc([N+](=O)[O-])cc3)[NH+]3C[C@H](C)C[C@H](C)C3)c(O)n2n1. The summed E-state index contributed by atoms with van der Waals surface area (Å²) in [5.41, 5.74) is 1.03. The molecule has 1 aliphatic heterocycles. The molecule has 3 heterocycles. The third-order valence-corrected chi connectivity index (χ3v) is 6.78.